The van der Waals surface area contributed by atoms with E-state index in [1.807, 2.05) is 13.8 Å². The first-order valence-corrected chi connectivity index (χ1v) is 5.79. The van der Waals surface area contributed by atoms with Gasteiger partial charge >= 0.3 is 5.97 Å². The maximum atomic E-state index is 11.2. The topological polar surface area (TPSA) is 57.0 Å². The highest BCUT2D eigenvalue weighted by molar-refractivity contribution is 5.69. The zero-order valence-corrected chi connectivity index (χ0v) is 10.2. The Hall–Kier alpha value is -1.39. The summed E-state index contributed by atoms with van der Waals surface area (Å²) in [7, 11) is 0. The van der Waals surface area contributed by atoms with E-state index in [0.717, 1.165) is 24.5 Å². The van der Waals surface area contributed by atoms with Crippen molar-refractivity contribution in [1.29, 1.82) is 0 Å². The monoisotopic (exact) mass is 225 g/mol. The van der Waals surface area contributed by atoms with Gasteiger partial charge in [0.1, 0.15) is 5.82 Å². The van der Waals surface area contributed by atoms with Crippen molar-refractivity contribution in [2.75, 3.05) is 6.61 Å². The fourth-order valence-electron chi connectivity index (χ4n) is 1.45. The number of carbonyl (C=O) groups is 1. The Morgan fingerprint density at radius 3 is 2.62 bits per heavy atom. The predicted octanol–water partition coefficient (Wildman–Crippen LogP) is 1.36. The van der Waals surface area contributed by atoms with Crippen molar-refractivity contribution in [3.05, 3.63) is 11.6 Å². The number of ether oxygens (including phenoxy) is 1. The second kappa shape index (κ2) is 6.25. The summed E-state index contributed by atoms with van der Waals surface area (Å²) in [6.07, 6.45) is 2.00. The summed E-state index contributed by atoms with van der Waals surface area (Å²) in [5, 5.41) is 4.33. The molecule has 0 unspecified atom stereocenters. The van der Waals surface area contributed by atoms with Gasteiger partial charge in [-0.25, -0.2) is 9.67 Å². The van der Waals surface area contributed by atoms with Crippen LogP contribution in [0.5, 0.6) is 0 Å². The second-order valence-electron chi connectivity index (χ2n) is 3.43. The Bertz CT molecular complexity index is 347. The maximum absolute atomic E-state index is 11.2. The molecule has 0 saturated carbocycles. The van der Waals surface area contributed by atoms with E-state index < -0.39 is 0 Å². The largest absolute Gasteiger partial charge is 0.466 e. The lowest BCUT2D eigenvalue weighted by Gasteiger charge is -2.03. The first kappa shape index (κ1) is 12.7. The SMILES string of the molecule is CCOC(=O)CCn1nc(CC)nc1CC. The van der Waals surface area contributed by atoms with Crippen LogP contribution >= 0.6 is 0 Å². The third-order valence-electron chi connectivity index (χ3n) is 2.26. The van der Waals surface area contributed by atoms with E-state index in [-0.39, 0.29) is 5.97 Å². The fraction of sp³-hybridized carbons (Fsp3) is 0.727. The molecule has 5 heteroatoms. The van der Waals surface area contributed by atoms with E-state index >= 15 is 0 Å². The number of rotatable bonds is 6. The third-order valence-corrected chi connectivity index (χ3v) is 2.26. The van der Waals surface area contributed by atoms with Crippen molar-refractivity contribution in [3.63, 3.8) is 0 Å². The summed E-state index contributed by atoms with van der Waals surface area (Å²) in [6, 6.07) is 0. The predicted molar refractivity (Wildman–Crippen MR) is 60.0 cm³/mol. The number of aromatic nitrogens is 3. The summed E-state index contributed by atoms with van der Waals surface area (Å²) in [4.78, 5) is 15.6. The number of aryl methyl sites for hydroxylation is 3. The van der Waals surface area contributed by atoms with Gasteiger partial charge in [0.25, 0.3) is 0 Å². The molecule has 90 valence electrons. The van der Waals surface area contributed by atoms with E-state index in [2.05, 4.69) is 10.1 Å². The lowest BCUT2D eigenvalue weighted by Crippen LogP contribution is -2.12. The van der Waals surface area contributed by atoms with Gasteiger partial charge in [0, 0.05) is 12.8 Å². The van der Waals surface area contributed by atoms with Crippen LogP contribution in [0.2, 0.25) is 0 Å². The van der Waals surface area contributed by atoms with E-state index in [4.69, 9.17) is 4.74 Å². The van der Waals surface area contributed by atoms with Crippen molar-refractivity contribution in [2.24, 2.45) is 0 Å². The molecule has 0 aliphatic heterocycles. The molecule has 0 spiro atoms. The number of hydrogen-bond acceptors (Lipinski definition) is 4. The quantitative estimate of drug-likeness (QED) is 0.686. The van der Waals surface area contributed by atoms with Crippen LogP contribution in [0.15, 0.2) is 0 Å². The highest BCUT2D eigenvalue weighted by atomic mass is 16.5. The molecule has 0 fully saturated rings. The minimum atomic E-state index is -0.182. The van der Waals surface area contributed by atoms with Crippen LogP contribution in [0, 0.1) is 0 Å². The van der Waals surface area contributed by atoms with Gasteiger partial charge in [-0.05, 0) is 6.92 Å². The number of hydrogen-bond donors (Lipinski definition) is 0. The van der Waals surface area contributed by atoms with Crippen LogP contribution in [0.3, 0.4) is 0 Å². The Kier molecular flexibility index (Phi) is 4.95. The first-order valence-electron chi connectivity index (χ1n) is 5.79. The highest BCUT2D eigenvalue weighted by Crippen LogP contribution is 2.02. The molecule has 0 bridgehead atoms. The molecule has 0 saturated heterocycles. The second-order valence-corrected chi connectivity index (χ2v) is 3.43. The van der Waals surface area contributed by atoms with E-state index in [9.17, 15) is 4.79 Å². The average molecular weight is 225 g/mol. The first-order chi connectivity index (χ1) is 7.71. The molecule has 16 heavy (non-hydrogen) atoms. The zero-order chi connectivity index (χ0) is 12.0. The van der Waals surface area contributed by atoms with Gasteiger partial charge in [-0.15, -0.1) is 0 Å². The van der Waals surface area contributed by atoms with E-state index in [0.29, 0.717) is 19.6 Å². The molecule has 1 aromatic rings. The summed E-state index contributed by atoms with van der Waals surface area (Å²) < 4.78 is 6.67. The van der Waals surface area contributed by atoms with Crippen molar-refractivity contribution < 1.29 is 9.53 Å². The number of esters is 1. The van der Waals surface area contributed by atoms with Gasteiger partial charge in [0.2, 0.25) is 0 Å². The van der Waals surface area contributed by atoms with Crippen molar-refractivity contribution in [2.45, 2.75) is 46.6 Å². The van der Waals surface area contributed by atoms with Crippen molar-refractivity contribution in [3.8, 4) is 0 Å². The fourth-order valence-corrected chi connectivity index (χ4v) is 1.45. The van der Waals surface area contributed by atoms with Gasteiger partial charge in [-0.1, -0.05) is 13.8 Å². The summed E-state index contributed by atoms with van der Waals surface area (Å²) in [5.74, 6) is 1.58. The average Bonchev–Trinajstić information content (AvgIpc) is 2.69. The van der Waals surface area contributed by atoms with Gasteiger partial charge in [-0.3, -0.25) is 4.79 Å². The van der Waals surface area contributed by atoms with Gasteiger partial charge < -0.3 is 4.74 Å². The standard InChI is InChI=1S/C11H19N3O2/c1-4-9-12-10(5-2)14(13-9)8-7-11(15)16-6-3/h4-8H2,1-3H3. The highest BCUT2D eigenvalue weighted by Gasteiger charge is 2.09. The normalized spacial score (nSPS) is 10.4. The minimum absolute atomic E-state index is 0.182. The van der Waals surface area contributed by atoms with Gasteiger partial charge in [-0.2, -0.15) is 5.10 Å². The lowest BCUT2D eigenvalue weighted by atomic mass is 10.4. The number of nitrogens with zero attached hydrogens (tertiary/aromatic N) is 3. The molecule has 1 heterocycles. The molecule has 0 aromatic carbocycles. The molecular weight excluding hydrogens is 206 g/mol. The Labute approximate surface area is 95.8 Å². The summed E-state index contributed by atoms with van der Waals surface area (Å²) >= 11 is 0. The molecule has 1 rings (SSSR count). The molecule has 5 nitrogen and oxygen atoms in total. The zero-order valence-electron chi connectivity index (χ0n) is 10.2. The minimum Gasteiger partial charge on any atom is -0.466 e. The van der Waals surface area contributed by atoms with Crippen LogP contribution in [-0.4, -0.2) is 27.3 Å². The van der Waals surface area contributed by atoms with Crippen LogP contribution in [0.25, 0.3) is 0 Å². The molecular formula is C11H19N3O2. The number of carbonyl (C=O) groups excluding carboxylic acids is 1. The summed E-state index contributed by atoms with van der Waals surface area (Å²) in [5.41, 5.74) is 0. The van der Waals surface area contributed by atoms with Crippen LogP contribution in [-0.2, 0) is 28.9 Å². The van der Waals surface area contributed by atoms with Crippen molar-refractivity contribution >= 4 is 5.97 Å². The van der Waals surface area contributed by atoms with E-state index in [1.54, 1.807) is 11.6 Å². The lowest BCUT2D eigenvalue weighted by molar-refractivity contribution is -0.143. The molecule has 0 N–H and O–H groups in total. The molecule has 0 aliphatic rings. The van der Waals surface area contributed by atoms with Gasteiger partial charge in [0.05, 0.1) is 19.6 Å². The molecule has 0 radical (unpaired) electrons. The van der Waals surface area contributed by atoms with E-state index in [1.165, 1.54) is 0 Å². The van der Waals surface area contributed by atoms with Crippen LogP contribution < -0.4 is 0 Å². The maximum Gasteiger partial charge on any atom is 0.307 e. The Balaban J connectivity index is 2.58. The van der Waals surface area contributed by atoms with Crippen LogP contribution in [0.4, 0.5) is 0 Å². The molecule has 0 atom stereocenters. The Morgan fingerprint density at radius 2 is 2.06 bits per heavy atom. The molecule has 0 amide bonds. The summed E-state index contributed by atoms with van der Waals surface area (Å²) in [6.45, 7) is 6.83. The third kappa shape index (κ3) is 3.32. The Morgan fingerprint density at radius 1 is 1.31 bits per heavy atom. The smallest absolute Gasteiger partial charge is 0.307 e. The van der Waals surface area contributed by atoms with Crippen molar-refractivity contribution in [1.82, 2.24) is 14.8 Å². The molecule has 1 aromatic heterocycles. The van der Waals surface area contributed by atoms with Gasteiger partial charge in [0.15, 0.2) is 5.82 Å². The molecule has 0 aliphatic carbocycles. The van der Waals surface area contributed by atoms with Crippen LogP contribution in [0.1, 0.15) is 38.8 Å².